The van der Waals surface area contributed by atoms with Crippen molar-refractivity contribution in [3.63, 3.8) is 0 Å². The van der Waals surface area contributed by atoms with Crippen molar-refractivity contribution in [2.24, 2.45) is 0 Å². The molecule has 1 aromatic rings. The van der Waals surface area contributed by atoms with Crippen LogP contribution in [0.4, 0.5) is 4.79 Å². The Kier molecular flexibility index (Phi) is 5.20. The molecule has 1 rings (SSSR count). The van der Waals surface area contributed by atoms with E-state index >= 15 is 0 Å². The predicted molar refractivity (Wildman–Crippen MR) is 64.6 cm³/mol. The summed E-state index contributed by atoms with van der Waals surface area (Å²) in [7, 11) is 1.56. The largest absolute Gasteiger partial charge is 0.445 e. The smallest absolute Gasteiger partial charge is 0.410 e. The normalized spacial score (nSPS) is 9.76. The maximum absolute atomic E-state index is 11.5. The lowest BCUT2D eigenvalue weighted by atomic mass is 10.2. The lowest BCUT2D eigenvalue weighted by molar-refractivity contribution is -0.119. The highest BCUT2D eigenvalue weighted by Crippen LogP contribution is 2.02. The molecule has 17 heavy (non-hydrogen) atoms. The molecule has 0 heterocycles. The summed E-state index contributed by atoms with van der Waals surface area (Å²) in [4.78, 5) is 24.0. The third kappa shape index (κ3) is 4.68. The molecule has 1 aromatic carbocycles. The van der Waals surface area contributed by atoms with Crippen LogP contribution in [0.15, 0.2) is 30.3 Å². The Morgan fingerprint density at radius 2 is 1.88 bits per heavy atom. The van der Waals surface area contributed by atoms with Crippen molar-refractivity contribution in [2.45, 2.75) is 20.0 Å². The van der Waals surface area contributed by atoms with Crippen molar-refractivity contribution < 1.29 is 14.3 Å². The predicted octanol–water partition coefficient (Wildman–Crippen LogP) is 2.23. The van der Waals surface area contributed by atoms with Gasteiger partial charge in [0.2, 0.25) is 0 Å². The summed E-state index contributed by atoms with van der Waals surface area (Å²) in [6.45, 7) is 2.10. The fraction of sp³-hybridized carbons (Fsp3) is 0.385. The fourth-order valence-electron chi connectivity index (χ4n) is 1.27. The van der Waals surface area contributed by atoms with Gasteiger partial charge in [-0.2, -0.15) is 0 Å². The maximum atomic E-state index is 11.5. The Balaban J connectivity index is 2.37. The zero-order valence-corrected chi connectivity index (χ0v) is 10.2. The molecular weight excluding hydrogens is 218 g/mol. The van der Waals surface area contributed by atoms with Crippen LogP contribution in [0, 0.1) is 0 Å². The van der Waals surface area contributed by atoms with Gasteiger partial charge in [0.05, 0.1) is 6.54 Å². The summed E-state index contributed by atoms with van der Waals surface area (Å²) < 4.78 is 5.07. The maximum Gasteiger partial charge on any atom is 0.410 e. The third-order valence-corrected chi connectivity index (χ3v) is 2.32. The molecule has 0 aromatic heterocycles. The van der Waals surface area contributed by atoms with E-state index < -0.39 is 6.09 Å². The first-order valence-corrected chi connectivity index (χ1v) is 5.57. The number of benzene rings is 1. The number of amides is 1. The fourth-order valence-corrected chi connectivity index (χ4v) is 1.27. The van der Waals surface area contributed by atoms with Crippen molar-refractivity contribution in [1.82, 2.24) is 4.90 Å². The van der Waals surface area contributed by atoms with Crippen molar-refractivity contribution in [3.05, 3.63) is 35.9 Å². The molecule has 0 aliphatic rings. The molecule has 0 bridgehead atoms. The van der Waals surface area contributed by atoms with Gasteiger partial charge in [-0.3, -0.25) is 4.79 Å². The van der Waals surface area contributed by atoms with Gasteiger partial charge in [-0.15, -0.1) is 0 Å². The second-order valence-corrected chi connectivity index (χ2v) is 3.79. The summed E-state index contributed by atoms with van der Waals surface area (Å²) in [5.41, 5.74) is 0.927. The molecule has 4 nitrogen and oxygen atoms in total. The molecule has 1 amide bonds. The van der Waals surface area contributed by atoms with Gasteiger partial charge in [-0.25, -0.2) is 4.79 Å². The number of ether oxygens (including phenoxy) is 1. The zero-order valence-electron chi connectivity index (χ0n) is 10.2. The van der Waals surface area contributed by atoms with Crippen LogP contribution >= 0.6 is 0 Å². The van der Waals surface area contributed by atoms with Gasteiger partial charge in [0.1, 0.15) is 6.61 Å². The molecule has 0 unspecified atom stereocenters. The minimum atomic E-state index is -0.476. The second kappa shape index (κ2) is 6.68. The molecular formula is C13H17NO3. The highest BCUT2D eigenvalue weighted by molar-refractivity contribution is 5.83. The number of hydrogen-bond acceptors (Lipinski definition) is 3. The van der Waals surface area contributed by atoms with Crippen LogP contribution in [0.2, 0.25) is 0 Å². The number of carbonyl (C=O) groups is 2. The van der Waals surface area contributed by atoms with E-state index in [1.807, 2.05) is 30.3 Å². The number of carbonyl (C=O) groups excluding carboxylic acids is 2. The Morgan fingerprint density at radius 1 is 1.24 bits per heavy atom. The van der Waals surface area contributed by atoms with Gasteiger partial charge < -0.3 is 9.64 Å². The van der Waals surface area contributed by atoms with Crippen LogP contribution in [0.3, 0.4) is 0 Å². The third-order valence-electron chi connectivity index (χ3n) is 2.32. The van der Waals surface area contributed by atoms with Crippen LogP contribution in [-0.4, -0.2) is 30.4 Å². The number of likely N-dealkylation sites (N-methyl/N-ethyl adjacent to an activating group) is 1. The highest BCUT2D eigenvalue weighted by Gasteiger charge is 2.12. The van der Waals surface area contributed by atoms with Crippen LogP contribution in [-0.2, 0) is 16.1 Å². The van der Waals surface area contributed by atoms with Gasteiger partial charge in [0.15, 0.2) is 5.78 Å². The van der Waals surface area contributed by atoms with E-state index in [1.165, 1.54) is 4.90 Å². The van der Waals surface area contributed by atoms with E-state index in [-0.39, 0.29) is 18.9 Å². The zero-order chi connectivity index (χ0) is 12.7. The number of Topliss-reactive ketones (excluding diaryl/α,β-unsaturated/α-hetero) is 1. The van der Waals surface area contributed by atoms with E-state index in [0.717, 1.165) is 5.56 Å². The van der Waals surface area contributed by atoms with Crippen LogP contribution in [0.1, 0.15) is 18.9 Å². The minimum absolute atomic E-state index is 0.0177. The SMILES string of the molecule is CCC(=O)CN(C)C(=O)OCc1ccccc1. The second-order valence-electron chi connectivity index (χ2n) is 3.79. The summed E-state index contributed by atoms with van der Waals surface area (Å²) in [6.07, 6.45) is -0.0494. The molecule has 0 saturated carbocycles. The highest BCUT2D eigenvalue weighted by atomic mass is 16.6. The van der Waals surface area contributed by atoms with Gasteiger partial charge in [-0.1, -0.05) is 37.3 Å². The Bertz CT molecular complexity index is 376. The standard InChI is InChI=1S/C13H17NO3/c1-3-12(15)9-14(2)13(16)17-10-11-7-5-4-6-8-11/h4-8H,3,9-10H2,1-2H3. The molecule has 4 heteroatoms. The molecule has 0 N–H and O–H groups in total. The molecule has 92 valence electrons. The van der Waals surface area contributed by atoms with E-state index in [0.29, 0.717) is 6.42 Å². The lowest BCUT2D eigenvalue weighted by Gasteiger charge is -2.15. The van der Waals surface area contributed by atoms with Gasteiger partial charge >= 0.3 is 6.09 Å². The topological polar surface area (TPSA) is 46.6 Å². The molecule has 0 saturated heterocycles. The number of ketones is 1. The first kappa shape index (κ1) is 13.2. The first-order valence-electron chi connectivity index (χ1n) is 5.57. The Hall–Kier alpha value is -1.84. The number of nitrogens with zero attached hydrogens (tertiary/aromatic N) is 1. The summed E-state index contributed by atoms with van der Waals surface area (Å²) >= 11 is 0. The molecule has 0 aliphatic carbocycles. The number of hydrogen-bond donors (Lipinski definition) is 0. The molecule has 0 atom stereocenters. The number of rotatable bonds is 5. The van der Waals surface area contributed by atoms with Crippen molar-refractivity contribution in [1.29, 1.82) is 0 Å². The molecule has 0 radical (unpaired) electrons. The Labute approximate surface area is 101 Å². The van der Waals surface area contributed by atoms with Crippen LogP contribution in [0.25, 0.3) is 0 Å². The average molecular weight is 235 g/mol. The van der Waals surface area contributed by atoms with Crippen molar-refractivity contribution in [3.8, 4) is 0 Å². The van der Waals surface area contributed by atoms with Crippen molar-refractivity contribution in [2.75, 3.05) is 13.6 Å². The molecule has 0 fully saturated rings. The van der Waals surface area contributed by atoms with E-state index in [4.69, 9.17) is 4.74 Å². The minimum Gasteiger partial charge on any atom is -0.445 e. The van der Waals surface area contributed by atoms with Crippen LogP contribution < -0.4 is 0 Å². The van der Waals surface area contributed by atoms with E-state index in [2.05, 4.69) is 0 Å². The van der Waals surface area contributed by atoms with Crippen LogP contribution in [0.5, 0.6) is 0 Å². The molecule has 0 spiro atoms. The summed E-state index contributed by atoms with van der Waals surface area (Å²) in [5.74, 6) is 0.0177. The summed E-state index contributed by atoms with van der Waals surface area (Å²) in [5, 5.41) is 0. The quantitative estimate of drug-likeness (QED) is 0.786. The lowest BCUT2D eigenvalue weighted by Crippen LogP contribution is -2.32. The van der Waals surface area contributed by atoms with Gasteiger partial charge in [0.25, 0.3) is 0 Å². The summed E-state index contributed by atoms with van der Waals surface area (Å²) in [6, 6.07) is 9.42. The monoisotopic (exact) mass is 235 g/mol. The van der Waals surface area contributed by atoms with Crippen molar-refractivity contribution >= 4 is 11.9 Å². The average Bonchev–Trinajstić information content (AvgIpc) is 2.36. The first-order chi connectivity index (χ1) is 8.13. The van der Waals surface area contributed by atoms with E-state index in [1.54, 1.807) is 14.0 Å². The molecule has 0 aliphatic heterocycles. The van der Waals surface area contributed by atoms with E-state index in [9.17, 15) is 9.59 Å². The van der Waals surface area contributed by atoms with Gasteiger partial charge in [-0.05, 0) is 5.56 Å². The van der Waals surface area contributed by atoms with Gasteiger partial charge in [0, 0.05) is 13.5 Å². The Morgan fingerprint density at radius 3 is 2.47 bits per heavy atom.